The zero-order chi connectivity index (χ0) is 19.6. The minimum Gasteiger partial charge on any atom is -0.493 e. The predicted molar refractivity (Wildman–Crippen MR) is 103 cm³/mol. The molecule has 0 N–H and O–H groups in total. The number of hydrogen-bond donors (Lipinski definition) is 0. The molecule has 150 valence electrons. The second-order valence-corrected chi connectivity index (χ2v) is 9.54. The summed E-state index contributed by atoms with van der Waals surface area (Å²) in [5.74, 6) is 1.75. The van der Waals surface area contributed by atoms with E-state index in [9.17, 15) is 13.2 Å². The summed E-state index contributed by atoms with van der Waals surface area (Å²) in [5.41, 5.74) is 2.45. The molecule has 2 aliphatic rings. The number of ether oxygens (including phenoxy) is 2. The SMILES string of the molecule is COc1cc2c(cc1OC)CN(CCC(=O)N(C)C1CCS(=O)(=O)C1)CC2. The van der Waals surface area contributed by atoms with Gasteiger partial charge in [0.15, 0.2) is 21.3 Å². The van der Waals surface area contributed by atoms with Crippen molar-refractivity contribution in [3.8, 4) is 11.5 Å². The highest BCUT2D eigenvalue weighted by atomic mass is 32.2. The van der Waals surface area contributed by atoms with Crippen molar-refractivity contribution in [2.45, 2.75) is 31.8 Å². The lowest BCUT2D eigenvalue weighted by molar-refractivity contribution is -0.131. The van der Waals surface area contributed by atoms with Crippen molar-refractivity contribution in [2.75, 3.05) is 45.9 Å². The van der Waals surface area contributed by atoms with Gasteiger partial charge in [0.05, 0.1) is 25.7 Å². The van der Waals surface area contributed by atoms with Crippen LogP contribution >= 0.6 is 0 Å². The first-order valence-electron chi connectivity index (χ1n) is 9.25. The summed E-state index contributed by atoms with van der Waals surface area (Å²) >= 11 is 0. The minimum absolute atomic E-state index is 0.00945. The number of fused-ring (bicyclic) bond motifs is 1. The molecule has 0 aliphatic carbocycles. The molecule has 1 unspecified atom stereocenters. The average molecular weight is 397 g/mol. The van der Waals surface area contributed by atoms with Gasteiger partial charge in [0.1, 0.15) is 0 Å². The van der Waals surface area contributed by atoms with Crippen LogP contribution in [0.25, 0.3) is 0 Å². The van der Waals surface area contributed by atoms with Gasteiger partial charge in [-0.15, -0.1) is 0 Å². The summed E-state index contributed by atoms with van der Waals surface area (Å²) in [6.07, 6.45) is 1.85. The van der Waals surface area contributed by atoms with Gasteiger partial charge in [-0.05, 0) is 36.1 Å². The highest BCUT2D eigenvalue weighted by molar-refractivity contribution is 7.91. The van der Waals surface area contributed by atoms with Crippen LogP contribution in [0.3, 0.4) is 0 Å². The van der Waals surface area contributed by atoms with Crippen LogP contribution in [0, 0.1) is 0 Å². The maximum Gasteiger partial charge on any atom is 0.223 e. The van der Waals surface area contributed by atoms with Crippen LogP contribution in [0.4, 0.5) is 0 Å². The maximum atomic E-state index is 12.5. The Morgan fingerprint density at radius 2 is 1.89 bits per heavy atom. The Labute approximate surface area is 161 Å². The number of nitrogens with zero attached hydrogens (tertiary/aromatic N) is 2. The molecule has 1 fully saturated rings. The van der Waals surface area contributed by atoms with Crippen LogP contribution in [0.1, 0.15) is 24.0 Å². The fourth-order valence-electron chi connectivity index (χ4n) is 3.85. The molecule has 1 aromatic carbocycles. The Kier molecular flexibility index (Phi) is 5.95. The van der Waals surface area contributed by atoms with Gasteiger partial charge in [-0.3, -0.25) is 9.69 Å². The maximum absolute atomic E-state index is 12.5. The molecule has 1 amide bonds. The summed E-state index contributed by atoms with van der Waals surface area (Å²) < 4.78 is 34.0. The first-order valence-corrected chi connectivity index (χ1v) is 11.1. The number of hydrogen-bond acceptors (Lipinski definition) is 6. The molecule has 0 bridgehead atoms. The fourth-order valence-corrected chi connectivity index (χ4v) is 5.62. The quantitative estimate of drug-likeness (QED) is 0.717. The van der Waals surface area contributed by atoms with E-state index in [1.165, 1.54) is 11.1 Å². The number of benzene rings is 1. The topological polar surface area (TPSA) is 76.2 Å². The summed E-state index contributed by atoms with van der Waals surface area (Å²) in [7, 11) is 2.00. The molecule has 2 aliphatic heterocycles. The van der Waals surface area contributed by atoms with Gasteiger partial charge in [-0.2, -0.15) is 0 Å². The first-order chi connectivity index (χ1) is 12.8. The number of carbonyl (C=O) groups excluding carboxylic acids is 1. The third kappa shape index (κ3) is 4.55. The highest BCUT2D eigenvalue weighted by Crippen LogP contribution is 2.33. The van der Waals surface area contributed by atoms with Crippen LogP contribution in [-0.4, -0.2) is 76.0 Å². The Balaban J connectivity index is 1.56. The molecule has 0 aromatic heterocycles. The lowest BCUT2D eigenvalue weighted by atomic mass is 9.98. The van der Waals surface area contributed by atoms with Gasteiger partial charge in [-0.25, -0.2) is 8.42 Å². The van der Waals surface area contributed by atoms with Crippen molar-refractivity contribution in [1.82, 2.24) is 9.80 Å². The van der Waals surface area contributed by atoms with Crippen LogP contribution in [-0.2, 0) is 27.6 Å². The highest BCUT2D eigenvalue weighted by Gasteiger charge is 2.32. The fraction of sp³-hybridized carbons (Fsp3) is 0.632. The summed E-state index contributed by atoms with van der Waals surface area (Å²) in [6, 6.07) is 3.86. The number of sulfone groups is 1. The van der Waals surface area contributed by atoms with E-state index in [0.717, 1.165) is 31.0 Å². The molecule has 2 heterocycles. The smallest absolute Gasteiger partial charge is 0.223 e. The molecule has 7 nitrogen and oxygen atoms in total. The molecule has 0 saturated carbocycles. The van der Waals surface area contributed by atoms with Gasteiger partial charge in [0.25, 0.3) is 0 Å². The van der Waals surface area contributed by atoms with Crippen molar-refractivity contribution in [3.63, 3.8) is 0 Å². The van der Waals surface area contributed by atoms with Gasteiger partial charge >= 0.3 is 0 Å². The zero-order valence-electron chi connectivity index (χ0n) is 16.2. The molecular weight excluding hydrogens is 368 g/mol. The lowest BCUT2D eigenvalue weighted by Gasteiger charge is -2.30. The standard InChI is InChI=1S/C19H28N2O5S/c1-20(16-6-9-27(23,24)13-16)19(22)5-8-21-7-4-14-10-17(25-2)18(26-3)11-15(14)12-21/h10-11,16H,4-9,12-13H2,1-3H3. The Bertz CT molecular complexity index is 809. The second kappa shape index (κ2) is 8.06. The molecule has 3 rings (SSSR count). The van der Waals surface area contributed by atoms with E-state index < -0.39 is 9.84 Å². The van der Waals surface area contributed by atoms with Crippen molar-refractivity contribution in [1.29, 1.82) is 0 Å². The predicted octanol–water partition coefficient (Wildman–Crippen LogP) is 1.10. The molecule has 1 atom stereocenters. The van der Waals surface area contributed by atoms with E-state index in [1.54, 1.807) is 26.2 Å². The number of carbonyl (C=O) groups is 1. The Hall–Kier alpha value is -1.80. The van der Waals surface area contributed by atoms with Crippen molar-refractivity contribution in [3.05, 3.63) is 23.3 Å². The molecule has 1 aromatic rings. The van der Waals surface area contributed by atoms with Crippen LogP contribution in [0.5, 0.6) is 11.5 Å². The minimum atomic E-state index is -2.98. The van der Waals surface area contributed by atoms with Gasteiger partial charge in [-0.1, -0.05) is 0 Å². The molecular formula is C19H28N2O5S. The molecule has 1 saturated heterocycles. The average Bonchev–Trinajstić information content (AvgIpc) is 3.03. The van der Waals surface area contributed by atoms with Crippen LogP contribution < -0.4 is 9.47 Å². The van der Waals surface area contributed by atoms with Gasteiger partial charge < -0.3 is 14.4 Å². The van der Waals surface area contributed by atoms with E-state index in [4.69, 9.17) is 9.47 Å². The summed E-state index contributed by atoms with van der Waals surface area (Å²) in [4.78, 5) is 16.4. The van der Waals surface area contributed by atoms with E-state index >= 15 is 0 Å². The largest absolute Gasteiger partial charge is 0.493 e. The Morgan fingerprint density at radius 3 is 2.48 bits per heavy atom. The normalized spacial score (nSPS) is 21.5. The van der Waals surface area contributed by atoms with Gasteiger partial charge in [0, 0.05) is 39.1 Å². The number of rotatable bonds is 6. The third-order valence-corrected chi connectivity index (χ3v) is 7.34. The molecule has 8 heteroatoms. The third-order valence-electron chi connectivity index (χ3n) is 5.59. The van der Waals surface area contributed by atoms with Crippen molar-refractivity contribution < 1.29 is 22.7 Å². The number of methoxy groups -OCH3 is 2. The van der Waals surface area contributed by atoms with Crippen molar-refractivity contribution in [2.24, 2.45) is 0 Å². The molecule has 27 heavy (non-hydrogen) atoms. The lowest BCUT2D eigenvalue weighted by Crippen LogP contribution is -2.40. The van der Waals surface area contributed by atoms with Crippen LogP contribution in [0.2, 0.25) is 0 Å². The second-order valence-electron chi connectivity index (χ2n) is 7.31. The summed E-state index contributed by atoms with van der Waals surface area (Å²) in [5, 5.41) is 0. The van der Waals surface area contributed by atoms with E-state index in [0.29, 0.717) is 19.4 Å². The first kappa shape index (κ1) is 19.9. The zero-order valence-corrected chi connectivity index (χ0v) is 17.0. The van der Waals surface area contributed by atoms with Crippen molar-refractivity contribution >= 4 is 15.7 Å². The number of amides is 1. The van der Waals surface area contributed by atoms with E-state index in [2.05, 4.69) is 4.90 Å². The Morgan fingerprint density at radius 1 is 1.22 bits per heavy atom. The van der Waals surface area contributed by atoms with E-state index in [1.807, 2.05) is 12.1 Å². The monoisotopic (exact) mass is 396 g/mol. The summed E-state index contributed by atoms with van der Waals surface area (Å²) in [6.45, 7) is 2.32. The molecule has 0 radical (unpaired) electrons. The van der Waals surface area contributed by atoms with Gasteiger partial charge in [0.2, 0.25) is 5.91 Å². The van der Waals surface area contributed by atoms with Crippen LogP contribution in [0.15, 0.2) is 12.1 Å². The molecule has 0 spiro atoms. The van der Waals surface area contributed by atoms with E-state index in [-0.39, 0.29) is 23.5 Å².